The Morgan fingerprint density at radius 2 is 2.38 bits per heavy atom. The molecule has 0 aromatic carbocycles. The largest absolute Gasteiger partial charge is 0.140 e. The minimum Gasteiger partial charge on any atom is -0.140 e. The molecule has 0 bridgehead atoms. The van der Waals surface area contributed by atoms with Gasteiger partial charge in [0.2, 0.25) is 0 Å². The van der Waals surface area contributed by atoms with Crippen molar-refractivity contribution in [2.45, 2.75) is 19.2 Å². The van der Waals surface area contributed by atoms with Crippen molar-refractivity contribution in [3.8, 4) is 12.3 Å². The molecule has 0 nitrogen and oxygen atoms in total. The maximum absolute atomic E-state index is 5.80. The van der Waals surface area contributed by atoms with E-state index in [9.17, 15) is 0 Å². The molecule has 0 N–H and O–H groups in total. The van der Waals surface area contributed by atoms with Crippen LogP contribution in [0.3, 0.4) is 0 Å². The quantitative estimate of drug-likeness (QED) is 0.516. The van der Waals surface area contributed by atoms with Crippen molar-refractivity contribution < 1.29 is 0 Å². The van der Waals surface area contributed by atoms with E-state index in [0.717, 1.165) is 10.4 Å². The molecule has 1 unspecified atom stereocenters. The Hall–Kier alpha value is -0.710. The van der Waals surface area contributed by atoms with Crippen LogP contribution in [0.4, 0.5) is 0 Å². The van der Waals surface area contributed by atoms with Crippen molar-refractivity contribution >= 4 is 29.0 Å². The van der Waals surface area contributed by atoms with Gasteiger partial charge in [0, 0.05) is 20.7 Å². The SMILES string of the molecule is C#Cc1cc(C)sc1/C=C\C(C)Cl. The van der Waals surface area contributed by atoms with Gasteiger partial charge in [0.1, 0.15) is 0 Å². The minimum absolute atomic E-state index is 0.0491. The number of aryl methyl sites for hydroxylation is 1. The highest BCUT2D eigenvalue weighted by molar-refractivity contribution is 7.13. The van der Waals surface area contributed by atoms with E-state index in [-0.39, 0.29) is 5.38 Å². The Labute approximate surface area is 88.2 Å². The van der Waals surface area contributed by atoms with Crippen LogP contribution in [-0.2, 0) is 0 Å². The molecule has 68 valence electrons. The molecule has 0 saturated heterocycles. The van der Waals surface area contributed by atoms with Gasteiger partial charge in [-0.05, 0) is 26.0 Å². The first-order chi connectivity index (χ1) is 6.13. The highest BCUT2D eigenvalue weighted by atomic mass is 35.5. The molecule has 0 saturated carbocycles. The molecule has 0 radical (unpaired) electrons. The highest BCUT2D eigenvalue weighted by Gasteiger charge is 2.01. The first-order valence-corrected chi connectivity index (χ1v) is 5.28. The molecule has 0 aliphatic carbocycles. The standard InChI is InChI=1S/C11H11ClS/c1-4-10-7-9(3)13-11(10)6-5-8(2)12/h1,5-8H,2-3H3/b6-5-. The summed E-state index contributed by atoms with van der Waals surface area (Å²) in [5.74, 6) is 2.66. The van der Waals surface area contributed by atoms with Crippen molar-refractivity contribution in [1.29, 1.82) is 0 Å². The van der Waals surface area contributed by atoms with E-state index in [2.05, 4.69) is 5.92 Å². The normalized spacial score (nSPS) is 13.1. The number of thiophene rings is 1. The lowest BCUT2D eigenvalue weighted by Crippen LogP contribution is -1.80. The van der Waals surface area contributed by atoms with Crippen LogP contribution in [0.15, 0.2) is 12.1 Å². The van der Waals surface area contributed by atoms with Gasteiger partial charge in [0.05, 0.1) is 0 Å². The van der Waals surface area contributed by atoms with Gasteiger partial charge in [-0.3, -0.25) is 0 Å². The molecule has 1 rings (SSSR count). The molecule has 2 heteroatoms. The predicted molar refractivity (Wildman–Crippen MR) is 61.3 cm³/mol. The summed E-state index contributed by atoms with van der Waals surface area (Å²) in [4.78, 5) is 2.35. The molecule has 0 aliphatic heterocycles. The van der Waals surface area contributed by atoms with Crippen LogP contribution >= 0.6 is 22.9 Å². The molecule has 0 aliphatic rings. The van der Waals surface area contributed by atoms with E-state index >= 15 is 0 Å². The average molecular weight is 211 g/mol. The third kappa shape index (κ3) is 2.91. The molecule has 1 aromatic rings. The summed E-state index contributed by atoms with van der Waals surface area (Å²) in [6.07, 6.45) is 9.29. The lowest BCUT2D eigenvalue weighted by atomic mass is 10.2. The highest BCUT2D eigenvalue weighted by Crippen LogP contribution is 2.22. The molecule has 0 spiro atoms. The van der Waals surface area contributed by atoms with Crippen LogP contribution in [0.2, 0.25) is 0 Å². The number of rotatable bonds is 2. The summed E-state index contributed by atoms with van der Waals surface area (Å²) in [6, 6.07) is 2.02. The fourth-order valence-corrected chi connectivity index (χ4v) is 1.96. The van der Waals surface area contributed by atoms with Gasteiger partial charge in [-0.1, -0.05) is 12.0 Å². The Bertz CT molecular complexity index is 353. The molecule has 13 heavy (non-hydrogen) atoms. The predicted octanol–water partition coefficient (Wildman–Crippen LogP) is 3.68. The van der Waals surface area contributed by atoms with Crippen LogP contribution in [0.1, 0.15) is 22.2 Å². The Morgan fingerprint density at radius 3 is 2.92 bits per heavy atom. The fourth-order valence-electron chi connectivity index (χ4n) is 0.989. The van der Waals surface area contributed by atoms with E-state index < -0.39 is 0 Å². The lowest BCUT2D eigenvalue weighted by Gasteiger charge is -1.91. The minimum atomic E-state index is 0.0491. The molecule has 1 heterocycles. The summed E-state index contributed by atoms with van der Waals surface area (Å²) in [5.41, 5.74) is 0.955. The van der Waals surface area contributed by atoms with E-state index in [1.54, 1.807) is 11.3 Å². The van der Waals surface area contributed by atoms with E-state index in [4.69, 9.17) is 18.0 Å². The topological polar surface area (TPSA) is 0 Å². The Balaban J connectivity index is 2.95. The summed E-state index contributed by atoms with van der Waals surface area (Å²) in [7, 11) is 0. The van der Waals surface area contributed by atoms with Gasteiger partial charge >= 0.3 is 0 Å². The zero-order valence-corrected chi connectivity index (χ0v) is 9.25. The molecule has 0 amide bonds. The van der Waals surface area contributed by atoms with Crippen LogP contribution in [0.5, 0.6) is 0 Å². The van der Waals surface area contributed by atoms with Gasteiger partial charge in [0.25, 0.3) is 0 Å². The Kier molecular flexibility index (Phi) is 3.59. The van der Waals surface area contributed by atoms with Crippen molar-refractivity contribution in [1.82, 2.24) is 0 Å². The molecular weight excluding hydrogens is 200 g/mol. The number of terminal acetylenes is 1. The van der Waals surface area contributed by atoms with Crippen molar-refractivity contribution in [3.63, 3.8) is 0 Å². The second-order valence-electron chi connectivity index (χ2n) is 2.82. The van der Waals surface area contributed by atoms with Gasteiger partial charge in [0.15, 0.2) is 0 Å². The molecule has 0 fully saturated rings. The molecule has 1 aromatic heterocycles. The first-order valence-electron chi connectivity index (χ1n) is 4.03. The average Bonchev–Trinajstić information content (AvgIpc) is 2.42. The van der Waals surface area contributed by atoms with Crippen LogP contribution in [0, 0.1) is 19.3 Å². The number of hydrogen-bond donors (Lipinski definition) is 0. The van der Waals surface area contributed by atoms with E-state index in [0.29, 0.717) is 0 Å². The fraction of sp³-hybridized carbons (Fsp3) is 0.273. The van der Waals surface area contributed by atoms with Crippen LogP contribution < -0.4 is 0 Å². The van der Waals surface area contributed by atoms with E-state index in [1.807, 2.05) is 32.1 Å². The van der Waals surface area contributed by atoms with E-state index in [1.165, 1.54) is 4.88 Å². The van der Waals surface area contributed by atoms with Crippen molar-refractivity contribution in [3.05, 3.63) is 27.5 Å². The summed E-state index contributed by atoms with van der Waals surface area (Å²) < 4.78 is 0. The lowest BCUT2D eigenvalue weighted by molar-refractivity contribution is 1.24. The van der Waals surface area contributed by atoms with Gasteiger partial charge in [-0.2, -0.15) is 0 Å². The number of allylic oxidation sites excluding steroid dienone is 1. The summed E-state index contributed by atoms with van der Waals surface area (Å²) >= 11 is 7.49. The number of alkyl halides is 1. The van der Waals surface area contributed by atoms with Crippen LogP contribution in [0.25, 0.3) is 6.08 Å². The second kappa shape index (κ2) is 4.50. The third-order valence-electron chi connectivity index (χ3n) is 1.55. The number of hydrogen-bond acceptors (Lipinski definition) is 1. The third-order valence-corrected chi connectivity index (χ3v) is 2.71. The maximum atomic E-state index is 5.80. The zero-order valence-electron chi connectivity index (χ0n) is 7.67. The van der Waals surface area contributed by atoms with Gasteiger partial charge < -0.3 is 0 Å². The maximum Gasteiger partial charge on any atom is 0.0491 e. The van der Waals surface area contributed by atoms with Gasteiger partial charge in [-0.25, -0.2) is 0 Å². The zero-order chi connectivity index (χ0) is 9.84. The smallest absolute Gasteiger partial charge is 0.0491 e. The Morgan fingerprint density at radius 1 is 1.69 bits per heavy atom. The summed E-state index contributed by atoms with van der Waals surface area (Å²) in [6.45, 7) is 3.97. The monoisotopic (exact) mass is 210 g/mol. The van der Waals surface area contributed by atoms with Gasteiger partial charge in [-0.15, -0.1) is 29.4 Å². The molecule has 1 atom stereocenters. The second-order valence-corrected chi connectivity index (χ2v) is 4.79. The van der Waals surface area contributed by atoms with Crippen molar-refractivity contribution in [2.75, 3.05) is 0 Å². The number of halogens is 1. The first kappa shape index (κ1) is 10.4. The molecular formula is C11H11ClS. The van der Waals surface area contributed by atoms with Crippen molar-refractivity contribution in [2.24, 2.45) is 0 Å². The van der Waals surface area contributed by atoms with Crippen LogP contribution in [-0.4, -0.2) is 5.38 Å². The summed E-state index contributed by atoms with van der Waals surface area (Å²) in [5, 5.41) is 0.0491.